The Morgan fingerprint density at radius 2 is 1.97 bits per heavy atom. The van der Waals surface area contributed by atoms with Crippen LogP contribution in [-0.2, 0) is 11.2 Å². The maximum atomic E-state index is 12.8. The molecule has 2 heterocycles. The fourth-order valence-corrected chi connectivity index (χ4v) is 4.62. The summed E-state index contributed by atoms with van der Waals surface area (Å²) in [5, 5.41) is 7.58. The topological polar surface area (TPSA) is 85.4 Å². The summed E-state index contributed by atoms with van der Waals surface area (Å²) >= 11 is 12.6. The highest BCUT2D eigenvalue weighted by Crippen LogP contribution is 2.28. The molecule has 35 heavy (non-hydrogen) atoms. The third-order valence-corrected chi connectivity index (χ3v) is 6.94. The highest BCUT2D eigenvalue weighted by molar-refractivity contribution is 6.42. The molecule has 1 saturated heterocycles. The van der Waals surface area contributed by atoms with Crippen LogP contribution >= 0.6 is 23.2 Å². The van der Waals surface area contributed by atoms with Crippen LogP contribution in [0.15, 0.2) is 54.9 Å². The van der Waals surface area contributed by atoms with E-state index >= 15 is 0 Å². The third kappa shape index (κ3) is 6.84. The van der Waals surface area contributed by atoms with Crippen molar-refractivity contribution in [1.82, 2.24) is 20.6 Å². The van der Waals surface area contributed by atoms with Crippen molar-refractivity contribution in [2.24, 2.45) is 5.92 Å². The van der Waals surface area contributed by atoms with Crippen LogP contribution in [0, 0.1) is 5.92 Å². The van der Waals surface area contributed by atoms with Crippen LogP contribution in [0.4, 0.5) is 0 Å². The SMILES string of the molecule is COc1cccc(-c2cnc(OCC(=O)NC(Cc3cccc(Cl)c3Cl)C3CCCNC3)nc2)c1. The lowest BCUT2D eigenvalue weighted by atomic mass is 9.87. The predicted octanol–water partition coefficient (Wildman–Crippen LogP) is 4.56. The van der Waals surface area contributed by atoms with E-state index in [4.69, 9.17) is 32.7 Å². The van der Waals surface area contributed by atoms with Gasteiger partial charge in [-0.3, -0.25) is 4.79 Å². The van der Waals surface area contributed by atoms with Crippen LogP contribution in [0.2, 0.25) is 10.0 Å². The Morgan fingerprint density at radius 1 is 1.17 bits per heavy atom. The van der Waals surface area contributed by atoms with Crippen molar-refractivity contribution in [2.45, 2.75) is 25.3 Å². The van der Waals surface area contributed by atoms with Crippen molar-refractivity contribution in [2.75, 3.05) is 26.8 Å². The fourth-order valence-electron chi connectivity index (χ4n) is 4.22. The molecule has 1 amide bonds. The zero-order chi connectivity index (χ0) is 24.6. The second kappa shape index (κ2) is 12.2. The van der Waals surface area contributed by atoms with Crippen molar-refractivity contribution in [3.63, 3.8) is 0 Å². The largest absolute Gasteiger partial charge is 0.497 e. The lowest BCUT2D eigenvalue weighted by Gasteiger charge is -2.32. The lowest BCUT2D eigenvalue weighted by molar-refractivity contribution is -0.124. The predicted molar refractivity (Wildman–Crippen MR) is 137 cm³/mol. The first-order valence-electron chi connectivity index (χ1n) is 11.6. The Morgan fingerprint density at radius 3 is 2.71 bits per heavy atom. The molecule has 4 rings (SSSR count). The molecule has 2 atom stereocenters. The molecule has 9 heteroatoms. The van der Waals surface area contributed by atoms with Crippen molar-refractivity contribution in [1.29, 1.82) is 0 Å². The van der Waals surface area contributed by atoms with Crippen LogP contribution in [0.25, 0.3) is 11.1 Å². The first-order chi connectivity index (χ1) is 17.0. The Balaban J connectivity index is 1.37. The van der Waals surface area contributed by atoms with E-state index in [9.17, 15) is 4.79 Å². The van der Waals surface area contributed by atoms with Crippen molar-refractivity contribution >= 4 is 29.1 Å². The van der Waals surface area contributed by atoms with Crippen LogP contribution in [0.5, 0.6) is 11.8 Å². The Kier molecular flexibility index (Phi) is 8.79. The van der Waals surface area contributed by atoms with E-state index in [2.05, 4.69) is 20.6 Å². The van der Waals surface area contributed by atoms with Gasteiger partial charge in [0.25, 0.3) is 5.91 Å². The van der Waals surface area contributed by atoms with E-state index in [0.717, 1.165) is 48.4 Å². The highest BCUT2D eigenvalue weighted by atomic mass is 35.5. The molecule has 0 saturated carbocycles. The van der Waals surface area contributed by atoms with Gasteiger partial charge in [0.05, 0.1) is 17.2 Å². The molecule has 2 unspecified atom stereocenters. The highest BCUT2D eigenvalue weighted by Gasteiger charge is 2.26. The second-order valence-corrected chi connectivity index (χ2v) is 9.26. The molecule has 0 bridgehead atoms. The summed E-state index contributed by atoms with van der Waals surface area (Å²) < 4.78 is 10.8. The number of hydrogen-bond donors (Lipinski definition) is 2. The quantitative estimate of drug-likeness (QED) is 0.435. The Bertz CT molecular complexity index is 1140. The van der Waals surface area contributed by atoms with Gasteiger partial charge in [-0.15, -0.1) is 0 Å². The minimum Gasteiger partial charge on any atom is -0.497 e. The maximum absolute atomic E-state index is 12.8. The molecule has 2 aromatic carbocycles. The number of methoxy groups -OCH3 is 1. The average molecular weight is 515 g/mol. The summed E-state index contributed by atoms with van der Waals surface area (Å²) in [6.45, 7) is 1.64. The fraction of sp³-hybridized carbons (Fsp3) is 0.346. The molecule has 1 aliphatic rings. The van der Waals surface area contributed by atoms with E-state index in [-0.39, 0.29) is 30.5 Å². The van der Waals surface area contributed by atoms with Crippen LogP contribution in [-0.4, -0.2) is 48.7 Å². The standard InChI is InChI=1S/C26H28Cl2N4O3/c1-34-21-8-2-5-17(11-21)20-14-30-26(31-15-20)35-16-24(33)32-23(19-7-4-10-29-13-19)12-18-6-3-9-22(27)25(18)28/h2-3,5-6,8-9,11,14-15,19,23,29H,4,7,10,12-13,16H2,1H3,(H,32,33). The number of carbonyl (C=O) groups excluding carboxylic acids is 1. The van der Waals surface area contributed by atoms with Gasteiger partial charge in [-0.1, -0.05) is 47.5 Å². The maximum Gasteiger partial charge on any atom is 0.316 e. The molecule has 0 aliphatic carbocycles. The number of benzene rings is 2. The summed E-state index contributed by atoms with van der Waals surface area (Å²) in [6, 6.07) is 13.2. The minimum atomic E-state index is -0.237. The average Bonchev–Trinajstić information content (AvgIpc) is 2.90. The molecular formula is C26H28Cl2N4O3. The molecule has 7 nitrogen and oxygen atoms in total. The number of nitrogens with zero attached hydrogens (tertiary/aromatic N) is 2. The number of carbonyl (C=O) groups is 1. The van der Waals surface area contributed by atoms with Gasteiger partial charge in [-0.25, -0.2) is 9.97 Å². The third-order valence-electron chi connectivity index (χ3n) is 6.09. The molecule has 0 spiro atoms. The Hall–Kier alpha value is -2.87. The van der Waals surface area contributed by atoms with Crippen LogP contribution < -0.4 is 20.1 Å². The number of hydrogen-bond acceptors (Lipinski definition) is 6. The van der Waals surface area contributed by atoms with Gasteiger partial charge in [-0.2, -0.15) is 0 Å². The van der Waals surface area contributed by atoms with E-state index in [1.807, 2.05) is 36.4 Å². The first-order valence-corrected chi connectivity index (χ1v) is 12.3. The van der Waals surface area contributed by atoms with Crippen molar-refractivity contribution < 1.29 is 14.3 Å². The van der Waals surface area contributed by atoms with Gasteiger partial charge < -0.3 is 20.1 Å². The minimum absolute atomic E-state index is 0.105. The molecule has 1 aliphatic heterocycles. The summed E-state index contributed by atoms with van der Waals surface area (Å²) in [6.07, 6.45) is 5.98. The molecule has 2 N–H and O–H groups in total. The van der Waals surface area contributed by atoms with Crippen molar-refractivity contribution in [3.05, 3.63) is 70.5 Å². The van der Waals surface area contributed by atoms with Gasteiger partial charge in [0.1, 0.15) is 5.75 Å². The number of piperidine rings is 1. The normalized spacial score (nSPS) is 16.4. The van der Waals surface area contributed by atoms with Crippen LogP contribution in [0.1, 0.15) is 18.4 Å². The molecule has 1 fully saturated rings. The van der Waals surface area contributed by atoms with Gasteiger partial charge >= 0.3 is 6.01 Å². The zero-order valence-electron chi connectivity index (χ0n) is 19.5. The van der Waals surface area contributed by atoms with Crippen LogP contribution in [0.3, 0.4) is 0 Å². The molecule has 3 aromatic rings. The first kappa shape index (κ1) is 25.2. The molecule has 1 aromatic heterocycles. The van der Waals surface area contributed by atoms with E-state index in [1.165, 1.54) is 0 Å². The molecule has 184 valence electrons. The lowest BCUT2D eigenvalue weighted by Crippen LogP contribution is -2.48. The van der Waals surface area contributed by atoms with E-state index < -0.39 is 0 Å². The summed E-state index contributed by atoms with van der Waals surface area (Å²) in [5.41, 5.74) is 2.66. The smallest absolute Gasteiger partial charge is 0.316 e. The number of aromatic nitrogens is 2. The van der Waals surface area contributed by atoms with Gasteiger partial charge in [0, 0.05) is 24.0 Å². The van der Waals surface area contributed by atoms with Gasteiger partial charge in [0.15, 0.2) is 6.61 Å². The number of ether oxygens (including phenoxy) is 2. The summed E-state index contributed by atoms with van der Waals surface area (Å²) in [4.78, 5) is 21.3. The summed E-state index contributed by atoms with van der Waals surface area (Å²) in [7, 11) is 1.62. The Labute approximate surface area is 215 Å². The van der Waals surface area contributed by atoms with E-state index in [0.29, 0.717) is 16.5 Å². The van der Waals surface area contributed by atoms with Crippen molar-refractivity contribution in [3.8, 4) is 22.9 Å². The summed E-state index contributed by atoms with van der Waals surface area (Å²) in [5.74, 6) is 0.793. The number of halogens is 2. The molecule has 0 radical (unpaired) electrons. The second-order valence-electron chi connectivity index (χ2n) is 8.47. The zero-order valence-corrected chi connectivity index (χ0v) is 21.0. The monoisotopic (exact) mass is 514 g/mol. The van der Waals surface area contributed by atoms with Gasteiger partial charge in [-0.05, 0) is 67.6 Å². The number of rotatable bonds is 9. The van der Waals surface area contributed by atoms with E-state index in [1.54, 1.807) is 25.6 Å². The number of amides is 1. The van der Waals surface area contributed by atoms with Gasteiger partial charge in [0.2, 0.25) is 0 Å². The number of nitrogens with one attached hydrogen (secondary N) is 2. The molecular weight excluding hydrogens is 487 g/mol.